The van der Waals surface area contributed by atoms with Crippen LogP contribution in [0.1, 0.15) is 6.92 Å². The summed E-state index contributed by atoms with van der Waals surface area (Å²) < 4.78 is 0. The topological polar surface area (TPSA) is 28.0 Å². The smallest absolute Gasteiger partial charge is 0.141 e. The van der Waals surface area contributed by atoms with Crippen LogP contribution in [0.5, 0.6) is 0 Å². The molecule has 0 saturated carbocycles. The number of amidine groups is 2. The molecule has 16 heavy (non-hydrogen) atoms. The van der Waals surface area contributed by atoms with Crippen LogP contribution in [0.4, 0.5) is 5.69 Å². The van der Waals surface area contributed by atoms with Gasteiger partial charge in [0.25, 0.3) is 0 Å². The molecule has 84 valence electrons. The summed E-state index contributed by atoms with van der Waals surface area (Å²) in [7, 11) is 3.98. The molecule has 1 aliphatic rings. The Morgan fingerprint density at radius 2 is 2.12 bits per heavy atom. The first kappa shape index (κ1) is 11.2. The summed E-state index contributed by atoms with van der Waals surface area (Å²) in [6.07, 6.45) is 0. The summed E-state index contributed by atoms with van der Waals surface area (Å²) in [5.74, 6) is 2.73. The molecular weight excluding hydrogens is 218 g/mol. The molecule has 2 rings (SSSR count). The van der Waals surface area contributed by atoms with Gasteiger partial charge in [-0.25, -0.2) is 9.98 Å². The first-order chi connectivity index (χ1) is 7.66. The molecule has 0 aliphatic carbocycles. The summed E-state index contributed by atoms with van der Waals surface area (Å²) in [5.41, 5.74) is 1.03. The summed E-state index contributed by atoms with van der Waals surface area (Å²) in [4.78, 5) is 12.3. The highest BCUT2D eigenvalue weighted by molar-refractivity contribution is 8.00. The second kappa shape index (κ2) is 4.70. The van der Waals surface area contributed by atoms with Crippen molar-refractivity contribution in [3.63, 3.8) is 0 Å². The van der Waals surface area contributed by atoms with Crippen LogP contribution in [-0.2, 0) is 0 Å². The van der Waals surface area contributed by atoms with Crippen LogP contribution in [0.2, 0.25) is 0 Å². The number of rotatable bonds is 0. The fourth-order valence-corrected chi connectivity index (χ4v) is 2.18. The van der Waals surface area contributed by atoms with Gasteiger partial charge in [0.05, 0.1) is 11.4 Å². The van der Waals surface area contributed by atoms with Crippen molar-refractivity contribution in [1.82, 2.24) is 4.90 Å². The lowest BCUT2D eigenvalue weighted by molar-refractivity contribution is 0.619. The zero-order chi connectivity index (χ0) is 11.5. The number of benzene rings is 1. The number of hydrogen-bond donors (Lipinski definition) is 0. The number of thioether (sulfide) groups is 1. The van der Waals surface area contributed by atoms with E-state index in [0.717, 1.165) is 23.1 Å². The SMILES string of the molecule is CC(=NC1=Nc2ccccc2SC1)N(C)C. The number of fused-ring (bicyclic) bond motifs is 1. The molecule has 0 atom stereocenters. The molecule has 0 unspecified atom stereocenters. The minimum atomic E-state index is 0.849. The Labute approximate surface area is 100 Å². The number of aliphatic imine (C=N–C) groups is 2. The lowest BCUT2D eigenvalue weighted by atomic mass is 10.3. The van der Waals surface area contributed by atoms with Crippen LogP contribution in [0.15, 0.2) is 39.1 Å². The quantitative estimate of drug-likeness (QED) is 0.509. The Kier molecular flexibility index (Phi) is 3.29. The van der Waals surface area contributed by atoms with Crippen molar-refractivity contribution < 1.29 is 0 Å². The van der Waals surface area contributed by atoms with Gasteiger partial charge >= 0.3 is 0 Å². The van der Waals surface area contributed by atoms with Crippen molar-refractivity contribution in [2.45, 2.75) is 11.8 Å². The fourth-order valence-electron chi connectivity index (χ4n) is 1.33. The maximum Gasteiger partial charge on any atom is 0.141 e. The number of hydrogen-bond acceptors (Lipinski definition) is 3. The third kappa shape index (κ3) is 2.44. The van der Waals surface area contributed by atoms with E-state index in [0.29, 0.717) is 0 Å². The van der Waals surface area contributed by atoms with Crippen LogP contribution in [-0.4, -0.2) is 36.4 Å². The first-order valence-corrected chi connectivity index (χ1v) is 6.17. The van der Waals surface area contributed by atoms with Crippen LogP contribution in [0.25, 0.3) is 0 Å². The van der Waals surface area contributed by atoms with E-state index in [2.05, 4.69) is 16.1 Å². The van der Waals surface area contributed by atoms with Crippen LogP contribution in [0.3, 0.4) is 0 Å². The van der Waals surface area contributed by atoms with E-state index >= 15 is 0 Å². The van der Waals surface area contributed by atoms with Crippen LogP contribution >= 0.6 is 11.8 Å². The van der Waals surface area contributed by atoms with Gasteiger partial charge in [-0.3, -0.25) is 0 Å². The molecule has 0 bridgehead atoms. The molecular formula is C12H15N3S. The lowest BCUT2D eigenvalue weighted by Gasteiger charge is -2.15. The van der Waals surface area contributed by atoms with Crippen molar-refractivity contribution in [1.29, 1.82) is 0 Å². The van der Waals surface area contributed by atoms with Gasteiger partial charge in [-0.15, -0.1) is 11.8 Å². The Morgan fingerprint density at radius 3 is 2.88 bits per heavy atom. The predicted molar refractivity (Wildman–Crippen MR) is 71.1 cm³/mol. The monoisotopic (exact) mass is 233 g/mol. The highest BCUT2D eigenvalue weighted by Gasteiger charge is 2.11. The molecule has 0 fully saturated rings. The molecule has 0 amide bonds. The van der Waals surface area contributed by atoms with Crippen LogP contribution < -0.4 is 0 Å². The second-order valence-corrected chi connectivity index (χ2v) is 4.86. The summed E-state index contributed by atoms with van der Waals surface area (Å²) in [6, 6.07) is 8.18. The van der Waals surface area contributed by atoms with Gasteiger partial charge in [-0.1, -0.05) is 12.1 Å². The molecule has 0 spiro atoms. The predicted octanol–water partition coefficient (Wildman–Crippen LogP) is 2.80. The number of para-hydroxylation sites is 1. The Morgan fingerprint density at radius 1 is 1.38 bits per heavy atom. The van der Waals surface area contributed by atoms with Crippen molar-refractivity contribution in [2.24, 2.45) is 9.98 Å². The molecule has 1 aliphatic heterocycles. The lowest BCUT2D eigenvalue weighted by Crippen LogP contribution is -2.20. The molecule has 0 radical (unpaired) electrons. The van der Waals surface area contributed by atoms with Gasteiger partial charge in [0.1, 0.15) is 11.7 Å². The minimum absolute atomic E-state index is 0.849. The van der Waals surface area contributed by atoms with E-state index in [4.69, 9.17) is 0 Å². The molecule has 3 nitrogen and oxygen atoms in total. The third-order valence-corrected chi connectivity index (χ3v) is 3.47. The molecule has 1 heterocycles. The highest BCUT2D eigenvalue weighted by atomic mass is 32.2. The first-order valence-electron chi connectivity index (χ1n) is 5.19. The second-order valence-electron chi connectivity index (χ2n) is 3.84. The Bertz CT molecular complexity index is 449. The van der Waals surface area contributed by atoms with Crippen LogP contribution in [0, 0.1) is 0 Å². The average Bonchev–Trinajstić information content (AvgIpc) is 2.28. The van der Waals surface area contributed by atoms with E-state index < -0.39 is 0 Å². The third-order valence-electron chi connectivity index (χ3n) is 2.41. The van der Waals surface area contributed by atoms with Crippen molar-refractivity contribution in [3.05, 3.63) is 24.3 Å². The summed E-state index contributed by atoms with van der Waals surface area (Å²) in [5, 5.41) is 0. The molecule has 1 aromatic rings. The van der Waals surface area contributed by atoms with Gasteiger partial charge in [0.2, 0.25) is 0 Å². The van der Waals surface area contributed by atoms with E-state index in [1.807, 2.05) is 44.1 Å². The van der Waals surface area contributed by atoms with Gasteiger partial charge in [-0.2, -0.15) is 0 Å². The minimum Gasteiger partial charge on any atom is -0.366 e. The zero-order valence-electron chi connectivity index (χ0n) is 9.77. The molecule has 0 N–H and O–H groups in total. The number of nitrogens with zero attached hydrogens (tertiary/aromatic N) is 3. The molecule has 1 aromatic carbocycles. The zero-order valence-corrected chi connectivity index (χ0v) is 10.6. The fraction of sp³-hybridized carbons (Fsp3) is 0.333. The van der Waals surface area contributed by atoms with Crippen molar-refractivity contribution in [2.75, 3.05) is 19.8 Å². The summed E-state index contributed by atoms with van der Waals surface area (Å²) in [6.45, 7) is 1.99. The van der Waals surface area contributed by atoms with E-state index in [9.17, 15) is 0 Å². The largest absolute Gasteiger partial charge is 0.366 e. The molecule has 4 heteroatoms. The normalized spacial score (nSPS) is 15.4. The average molecular weight is 233 g/mol. The highest BCUT2D eigenvalue weighted by Crippen LogP contribution is 2.33. The van der Waals surface area contributed by atoms with Gasteiger partial charge in [0, 0.05) is 19.0 Å². The van der Waals surface area contributed by atoms with E-state index in [-0.39, 0.29) is 0 Å². The van der Waals surface area contributed by atoms with Gasteiger partial charge in [0.15, 0.2) is 0 Å². The van der Waals surface area contributed by atoms with E-state index in [1.54, 1.807) is 11.8 Å². The Hall–Kier alpha value is -1.29. The van der Waals surface area contributed by atoms with Gasteiger partial charge in [-0.05, 0) is 19.1 Å². The summed E-state index contributed by atoms with van der Waals surface area (Å²) >= 11 is 1.79. The van der Waals surface area contributed by atoms with Crippen molar-refractivity contribution >= 4 is 29.1 Å². The van der Waals surface area contributed by atoms with Gasteiger partial charge < -0.3 is 4.90 Å². The molecule has 0 saturated heterocycles. The Balaban J connectivity index is 2.28. The van der Waals surface area contributed by atoms with Crippen molar-refractivity contribution in [3.8, 4) is 0 Å². The maximum absolute atomic E-state index is 4.55. The van der Waals surface area contributed by atoms with E-state index in [1.165, 1.54) is 4.90 Å². The molecule has 0 aromatic heterocycles. The maximum atomic E-state index is 4.55. The standard InChI is InChI=1S/C12H15N3S/c1-9(15(2)3)13-12-8-16-11-7-5-4-6-10(11)14-12/h4-7H,8H2,1-3H3.